The lowest BCUT2D eigenvalue weighted by Gasteiger charge is -2.23. The molecule has 2 aromatic carbocycles. The van der Waals surface area contributed by atoms with Crippen LogP contribution in [-0.4, -0.2) is 40.3 Å². The summed E-state index contributed by atoms with van der Waals surface area (Å²) in [6, 6.07) is 15.7. The molecule has 1 saturated carbocycles. The monoisotopic (exact) mass is 491 g/mol. The molecule has 9 heteroatoms. The van der Waals surface area contributed by atoms with Crippen molar-refractivity contribution < 1.29 is 18.3 Å². The first-order valence-corrected chi connectivity index (χ1v) is 13.4. The average molecular weight is 492 g/mol. The Morgan fingerprint density at radius 3 is 2.11 bits per heavy atom. The molecule has 1 aliphatic carbocycles. The normalized spacial score (nSPS) is 14.9. The standard InChI is InChI=1S/C26H25N3O5S/c1-35(33,34)20-13-11-17(12-14-20)16-7-9-19(10-8-16)24-23(18-5-3-2-4-6-18)25(30)29-22(27-24)15-21(28-29)26(31)32/h7-15,18,28H,2-6H2,1H3,(H,31,32). The van der Waals surface area contributed by atoms with E-state index < -0.39 is 15.8 Å². The highest BCUT2D eigenvalue weighted by Gasteiger charge is 2.26. The van der Waals surface area contributed by atoms with Crippen LogP contribution < -0.4 is 5.56 Å². The molecule has 5 rings (SSSR count). The van der Waals surface area contributed by atoms with Gasteiger partial charge in [-0.15, -0.1) is 0 Å². The lowest BCUT2D eigenvalue weighted by Crippen LogP contribution is -2.25. The first-order chi connectivity index (χ1) is 16.7. The fourth-order valence-electron chi connectivity index (χ4n) is 4.84. The fraction of sp³-hybridized carbons (Fsp3) is 0.269. The molecular weight excluding hydrogens is 466 g/mol. The highest BCUT2D eigenvalue weighted by molar-refractivity contribution is 7.90. The number of benzene rings is 2. The fourth-order valence-corrected chi connectivity index (χ4v) is 5.47. The van der Waals surface area contributed by atoms with Crippen LogP contribution in [0.3, 0.4) is 0 Å². The van der Waals surface area contributed by atoms with Crippen LogP contribution in [0, 0.1) is 0 Å². The van der Waals surface area contributed by atoms with E-state index in [4.69, 9.17) is 4.98 Å². The topological polar surface area (TPSA) is 122 Å². The number of carbonyl (C=O) groups is 1. The van der Waals surface area contributed by atoms with Crippen LogP contribution in [0.25, 0.3) is 28.0 Å². The number of aromatic amines is 1. The van der Waals surface area contributed by atoms with Gasteiger partial charge in [-0.1, -0.05) is 55.7 Å². The van der Waals surface area contributed by atoms with Gasteiger partial charge in [0, 0.05) is 23.4 Å². The molecule has 1 aliphatic rings. The number of carboxylic acid groups (broad SMARTS) is 1. The van der Waals surface area contributed by atoms with Crippen LogP contribution in [0.15, 0.2) is 64.3 Å². The van der Waals surface area contributed by atoms with Gasteiger partial charge in [-0.05, 0) is 42.0 Å². The zero-order valence-corrected chi connectivity index (χ0v) is 20.0. The van der Waals surface area contributed by atoms with E-state index in [1.54, 1.807) is 24.3 Å². The van der Waals surface area contributed by atoms with E-state index in [1.165, 1.54) is 16.8 Å². The van der Waals surface area contributed by atoms with Gasteiger partial charge in [0.1, 0.15) is 5.69 Å². The van der Waals surface area contributed by atoms with Crippen LogP contribution in [-0.2, 0) is 9.84 Å². The Kier molecular flexibility index (Phi) is 5.80. The van der Waals surface area contributed by atoms with E-state index in [1.807, 2.05) is 24.3 Å². The second-order valence-corrected chi connectivity index (χ2v) is 11.1. The Morgan fingerprint density at radius 1 is 0.971 bits per heavy atom. The van der Waals surface area contributed by atoms with Crippen LogP contribution in [0.2, 0.25) is 0 Å². The van der Waals surface area contributed by atoms with E-state index in [-0.39, 0.29) is 27.7 Å². The van der Waals surface area contributed by atoms with E-state index in [2.05, 4.69) is 5.10 Å². The van der Waals surface area contributed by atoms with Crippen LogP contribution in [0.1, 0.15) is 54.1 Å². The Labute approximate surface area is 202 Å². The summed E-state index contributed by atoms with van der Waals surface area (Å²) in [5.74, 6) is -1.09. The minimum Gasteiger partial charge on any atom is -0.477 e. The second-order valence-electron chi connectivity index (χ2n) is 9.06. The van der Waals surface area contributed by atoms with Gasteiger partial charge in [0.15, 0.2) is 15.5 Å². The first kappa shape index (κ1) is 23.0. The third-order valence-corrected chi connectivity index (χ3v) is 7.80. The number of aromatic nitrogens is 3. The smallest absolute Gasteiger partial charge is 0.353 e. The number of rotatable bonds is 5. The largest absolute Gasteiger partial charge is 0.477 e. The van der Waals surface area contributed by atoms with Gasteiger partial charge in [-0.2, -0.15) is 0 Å². The van der Waals surface area contributed by atoms with Crippen molar-refractivity contribution in [1.29, 1.82) is 0 Å². The minimum absolute atomic E-state index is 0.0652. The number of H-pyrrole nitrogens is 1. The van der Waals surface area contributed by atoms with Gasteiger partial charge >= 0.3 is 5.97 Å². The summed E-state index contributed by atoms with van der Waals surface area (Å²) in [6.07, 6.45) is 6.19. The molecule has 2 aromatic heterocycles. The lowest BCUT2D eigenvalue weighted by atomic mass is 9.83. The number of hydrogen-bond acceptors (Lipinski definition) is 5. The lowest BCUT2D eigenvalue weighted by molar-refractivity contribution is 0.0690. The number of aromatic carboxylic acids is 1. The quantitative estimate of drug-likeness (QED) is 0.424. The molecule has 2 N–H and O–H groups in total. The van der Waals surface area contributed by atoms with Crippen molar-refractivity contribution in [3.63, 3.8) is 0 Å². The predicted octanol–water partition coefficient (Wildman–Crippen LogP) is 4.51. The Morgan fingerprint density at radius 2 is 1.54 bits per heavy atom. The van der Waals surface area contributed by atoms with Crippen molar-refractivity contribution in [2.45, 2.75) is 42.9 Å². The first-order valence-electron chi connectivity index (χ1n) is 11.5. The summed E-state index contributed by atoms with van der Waals surface area (Å²) < 4.78 is 24.7. The Hall–Kier alpha value is -3.72. The third kappa shape index (κ3) is 4.39. The number of nitrogens with zero attached hydrogens (tertiary/aromatic N) is 2. The molecular formula is C26H25N3O5S. The van der Waals surface area contributed by atoms with Gasteiger partial charge in [0.05, 0.1) is 10.6 Å². The molecule has 0 atom stereocenters. The van der Waals surface area contributed by atoms with Gasteiger partial charge < -0.3 is 5.11 Å². The maximum absolute atomic E-state index is 13.5. The van der Waals surface area contributed by atoms with E-state index in [0.29, 0.717) is 11.3 Å². The molecule has 0 aliphatic heterocycles. The van der Waals surface area contributed by atoms with Crippen molar-refractivity contribution in [3.8, 4) is 22.4 Å². The van der Waals surface area contributed by atoms with Crippen molar-refractivity contribution in [1.82, 2.24) is 14.6 Å². The van der Waals surface area contributed by atoms with E-state index >= 15 is 0 Å². The van der Waals surface area contributed by atoms with E-state index in [0.717, 1.165) is 48.8 Å². The third-order valence-electron chi connectivity index (χ3n) is 6.67. The predicted molar refractivity (Wildman–Crippen MR) is 133 cm³/mol. The number of hydrogen-bond donors (Lipinski definition) is 2. The van der Waals surface area contributed by atoms with E-state index in [9.17, 15) is 23.1 Å². The minimum atomic E-state index is -3.27. The summed E-state index contributed by atoms with van der Waals surface area (Å²) >= 11 is 0. The summed E-state index contributed by atoms with van der Waals surface area (Å²) in [4.78, 5) is 30.0. The van der Waals surface area contributed by atoms with Gasteiger partial charge in [-0.3, -0.25) is 9.89 Å². The van der Waals surface area contributed by atoms with Crippen molar-refractivity contribution in [3.05, 3.63) is 76.2 Å². The van der Waals surface area contributed by atoms with Crippen LogP contribution in [0.5, 0.6) is 0 Å². The maximum atomic E-state index is 13.5. The molecule has 8 nitrogen and oxygen atoms in total. The number of nitrogens with one attached hydrogen (secondary N) is 1. The molecule has 180 valence electrons. The van der Waals surface area contributed by atoms with Crippen LogP contribution >= 0.6 is 0 Å². The van der Waals surface area contributed by atoms with Gasteiger partial charge in [0.25, 0.3) is 5.56 Å². The van der Waals surface area contributed by atoms with Gasteiger partial charge in [-0.25, -0.2) is 22.7 Å². The molecule has 0 bridgehead atoms. The van der Waals surface area contributed by atoms with Crippen molar-refractivity contribution in [2.75, 3.05) is 6.26 Å². The van der Waals surface area contributed by atoms with Crippen molar-refractivity contribution in [2.24, 2.45) is 0 Å². The molecule has 1 fully saturated rings. The Balaban J connectivity index is 1.60. The highest BCUT2D eigenvalue weighted by Crippen LogP contribution is 2.36. The molecule has 0 amide bonds. The maximum Gasteiger partial charge on any atom is 0.353 e. The van der Waals surface area contributed by atoms with Crippen molar-refractivity contribution >= 4 is 21.5 Å². The molecule has 0 radical (unpaired) electrons. The zero-order valence-electron chi connectivity index (χ0n) is 19.2. The highest BCUT2D eigenvalue weighted by atomic mass is 32.2. The summed E-state index contributed by atoms with van der Waals surface area (Å²) in [7, 11) is -3.27. The molecule has 0 spiro atoms. The average Bonchev–Trinajstić information content (AvgIpc) is 3.29. The molecule has 2 heterocycles. The van der Waals surface area contributed by atoms with Gasteiger partial charge in [0.2, 0.25) is 0 Å². The molecule has 35 heavy (non-hydrogen) atoms. The SMILES string of the molecule is CS(=O)(=O)c1ccc(-c2ccc(-c3nc4cc(C(=O)O)[nH]n4c(=O)c3C3CCCCC3)cc2)cc1. The molecule has 0 saturated heterocycles. The summed E-state index contributed by atoms with van der Waals surface area (Å²) in [6.45, 7) is 0. The molecule has 0 unspecified atom stereocenters. The number of sulfone groups is 1. The van der Waals surface area contributed by atoms with Crippen LogP contribution in [0.4, 0.5) is 0 Å². The number of fused-ring (bicyclic) bond motifs is 1. The number of carboxylic acids is 1. The zero-order chi connectivity index (χ0) is 24.7. The summed E-state index contributed by atoms with van der Waals surface area (Å²) in [5.41, 5.74) is 3.67. The molecule has 4 aromatic rings. The Bertz CT molecular complexity index is 1580. The summed E-state index contributed by atoms with van der Waals surface area (Å²) in [5, 5.41) is 12.0. The second kappa shape index (κ2) is 8.81.